The Morgan fingerprint density at radius 3 is 2.75 bits per heavy atom. The summed E-state index contributed by atoms with van der Waals surface area (Å²) in [5, 5.41) is 5.21. The smallest absolute Gasteiger partial charge is 0.406 e. The van der Waals surface area contributed by atoms with Crippen molar-refractivity contribution in [2.45, 2.75) is 13.0 Å². The van der Waals surface area contributed by atoms with Gasteiger partial charge in [0.2, 0.25) is 5.43 Å². The number of alkyl carbamates (subject to hydrolysis) is 1. The predicted molar refractivity (Wildman–Crippen MR) is 86.6 cm³/mol. The third-order valence-electron chi connectivity index (χ3n) is 3.55. The third kappa shape index (κ3) is 3.70. The van der Waals surface area contributed by atoms with E-state index in [1.807, 2.05) is 0 Å². The van der Waals surface area contributed by atoms with Crippen LogP contribution < -0.4 is 16.1 Å². The Morgan fingerprint density at radius 1 is 1.33 bits per heavy atom. The van der Waals surface area contributed by atoms with E-state index in [9.17, 15) is 18.8 Å². The molecule has 7 nitrogen and oxygen atoms in total. The van der Waals surface area contributed by atoms with Crippen LogP contribution in [0.3, 0.4) is 0 Å². The quantitative estimate of drug-likeness (QED) is 0.805. The molecule has 2 aromatic rings. The molecule has 1 heterocycles. The van der Waals surface area contributed by atoms with Gasteiger partial charge in [0.05, 0.1) is 12.6 Å². The Bertz CT molecular complexity index is 832. The zero-order valence-electron chi connectivity index (χ0n) is 13.4. The molecule has 128 valence electrons. The Hall–Kier alpha value is -2.90. The molecule has 0 saturated heterocycles. The maximum atomic E-state index is 13.5. The highest BCUT2D eigenvalue weighted by atomic mass is 19.1. The number of ether oxygens (including phenoxy) is 1. The van der Waals surface area contributed by atoms with E-state index in [1.54, 1.807) is 4.57 Å². The number of rotatable bonds is 5. The highest BCUT2D eigenvalue weighted by Crippen LogP contribution is 2.14. The van der Waals surface area contributed by atoms with Crippen molar-refractivity contribution in [1.82, 2.24) is 15.2 Å². The number of hydrogen-bond acceptors (Lipinski definition) is 4. The summed E-state index contributed by atoms with van der Waals surface area (Å²) in [6.07, 6.45) is 1.37. The van der Waals surface area contributed by atoms with Crippen LogP contribution in [0.25, 0.3) is 10.9 Å². The first-order chi connectivity index (χ1) is 11.5. The van der Waals surface area contributed by atoms with Crippen molar-refractivity contribution < 1.29 is 18.7 Å². The van der Waals surface area contributed by atoms with Crippen LogP contribution >= 0.6 is 0 Å². The molecule has 0 bridgehead atoms. The lowest BCUT2D eigenvalue weighted by Gasteiger charge is -2.13. The second-order valence-electron chi connectivity index (χ2n) is 5.08. The van der Waals surface area contributed by atoms with E-state index >= 15 is 0 Å². The van der Waals surface area contributed by atoms with Gasteiger partial charge in [-0.1, -0.05) is 0 Å². The molecule has 1 aromatic heterocycles. The molecule has 2 amide bonds. The van der Waals surface area contributed by atoms with E-state index in [2.05, 4.69) is 15.4 Å². The summed E-state index contributed by atoms with van der Waals surface area (Å²) in [4.78, 5) is 35.3. The molecule has 0 spiro atoms. The molecule has 0 atom stereocenters. The fraction of sp³-hybridized carbons (Fsp3) is 0.312. The summed E-state index contributed by atoms with van der Waals surface area (Å²) in [6.45, 7) is 0.721. The van der Waals surface area contributed by atoms with Crippen LogP contribution in [0.1, 0.15) is 16.8 Å². The number of fused-ring (bicyclic) bond motifs is 1. The van der Waals surface area contributed by atoms with Crippen molar-refractivity contribution >= 4 is 22.9 Å². The molecule has 0 aliphatic rings. The first-order valence-electron chi connectivity index (χ1n) is 7.34. The van der Waals surface area contributed by atoms with Gasteiger partial charge in [0, 0.05) is 31.7 Å². The van der Waals surface area contributed by atoms with Crippen LogP contribution in [-0.4, -0.2) is 37.3 Å². The first-order valence-corrected chi connectivity index (χ1v) is 7.34. The second kappa shape index (κ2) is 7.58. The van der Waals surface area contributed by atoms with Gasteiger partial charge in [0.15, 0.2) is 0 Å². The number of carbonyl (C=O) groups is 2. The highest BCUT2D eigenvalue weighted by molar-refractivity contribution is 5.97. The fourth-order valence-corrected chi connectivity index (χ4v) is 2.36. The van der Waals surface area contributed by atoms with Crippen molar-refractivity contribution in [3.63, 3.8) is 0 Å². The van der Waals surface area contributed by atoms with Gasteiger partial charge < -0.3 is 19.9 Å². The Kier molecular flexibility index (Phi) is 5.51. The fourth-order valence-electron chi connectivity index (χ4n) is 2.36. The van der Waals surface area contributed by atoms with Gasteiger partial charge in [-0.2, -0.15) is 0 Å². The second-order valence-corrected chi connectivity index (χ2v) is 5.08. The molecular weight excluding hydrogens is 317 g/mol. The highest BCUT2D eigenvalue weighted by Gasteiger charge is 2.14. The summed E-state index contributed by atoms with van der Waals surface area (Å²) < 4.78 is 19.6. The topological polar surface area (TPSA) is 89.4 Å². The number of aromatic nitrogens is 1. The number of aryl methyl sites for hydroxylation is 1. The van der Waals surface area contributed by atoms with Crippen LogP contribution in [0.4, 0.5) is 9.18 Å². The summed E-state index contributed by atoms with van der Waals surface area (Å²) in [6, 6.07) is 3.79. The van der Waals surface area contributed by atoms with Crippen LogP contribution in [0, 0.1) is 5.82 Å². The van der Waals surface area contributed by atoms with Gasteiger partial charge in [-0.05, 0) is 24.6 Å². The summed E-state index contributed by atoms with van der Waals surface area (Å²) in [5.41, 5.74) is -0.0726. The number of amides is 2. The first kappa shape index (κ1) is 17.5. The van der Waals surface area contributed by atoms with Crippen molar-refractivity contribution in [1.29, 1.82) is 0 Å². The van der Waals surface area contributed by atoms with Crippen LogP contribution in [0.2, 0.25) is 0 Å². The third-order valence-corrected chi connectivity index (χ3v) is 3.55. The van der Waals surface area contributed by atoms with E-state index < -0.39 is 23.2 Å². The van der Waals surface area contributed by atoms with E-state index in [0.29, 0.717) is 25.0 Å². The minimum absolute atomic E-state index is 0.0162. The maximum Gasteiger partial charge on any atom is 0.406 e. The summed E-state index contributed by atoms with van der Waals surface area (Å²) in [7, 11) is 2.70. The lowest BCUT2D eigenvalue weighted by atomic mass is 10.1. The van der Waals surface area contributed by atoms with Crippen molar-refractivity contribution in [3.8, 4) is 0 Å². The molecule has 2 rings (SSSR count). The number of benzene rings is 1. The van der Waals surface area contributed by atoms with Crippen LogP contribution in [0.5, 0.6) is 0 Å². The molecule has 0 aliphatic heterocycles. The number of hydrogen-bond donors (Lipinski definition) is 2. The number of halogens is 1. The molecule has 0 unspecified atom stereocenters. The lowest BCUT2D eigenvalue weighted by Crippen LogP contribution is -2.28. The van der Waals surface area contributed by atoms with Gasteiger partial charge in [0.1, 0.15) is 11.4 Å². The van der Waals surface area contributed by atoms with Crippen molar-refractivity contribution in [3.05, 3.63) is 46.0 Å². The molecule has 8 heteroatoms. The zero-order valence-corrected chi connectivity index (χ0v) is 13.4. The van der Waals surface area contributed by atoms with Gasteiger partial charge >= 0.3 is 6.09 Å². The number of carbonyl (C=O) groups excluding carboxylic acids is 2. The molecule has 0 aliphatic carbocycles. The molecule has 0 radical (unpaired) electrons. The average Bonchev–Trinajstić information content (AvgIpc) is 2.59. The summed E-state index contributed by atoms with van der Waals surface area (Å²) in [5.74, 6) is -0.983. The van der Waals surface area contributed by atoms with Gasteiger partial charge in [0.25, 0.3) is 5.91 Å². The standard InChI is InChI=1S/C16H18FN3O4/c1-18-15(22)12-9-20(7-3-6-19-16(23)24-2)13-8-10(17)4-5-11(13)14(12)21/h4-5,8-9H,3,6-7H2,1-2H3,(H,18,22)(H,19,23). The Morgan fingerprint density at radius 2 is 2.08 bits per heavy atom. The monoisotopic (exact) mass is 335 g/mol. The van der Waals surface area contributed by atoms with Crippen molar-refractivity contribution in [2.24, 2.45) is 0 Å². The predicted octanol–water partition coefficient (Wildman–Crippen LogP) is 1.25. The maximum absolute atomic E-state index is 13.5. The normalized spacial score (nSPS) is 10.5. The SMILES string of the molecule is CNC(=O)c1cn(CCCNC(=O)OC)c2cc(F)ccc2c1=O. The van der Waals surface area contributed by atoms with Gasteiger partial charge in [-0.3, -0.25) is 9.59 Å². The molecule has 1 aromatic carbocycles. The van der Waals surface area contributed by atoms with Crippen molar-refractivity contribution in [2.75, 3.05) is 20.7 Å². The van der Waals surface area contributed by atoms with E-state index in [0.717, 1.165) is 0 Å². The number of nitrogens with zero attached hydrogens (tertiary/aromatic N) is 1. The molecule has 0 fully saturated rings. The minimum atomic E-state index is -0.545. The Balaban J connectivity index is 2.37. The largest absolute Gasteiger partial charge is 0.453 e. The Labute approximate surface area is 137 Å². The van der Waals surface area contributed by atoms with Gasteiger partial charge in [-0.15, -0.1) is 0 Å². The van der Waals surface area contributed by atoms with Gasteiger partial charge in [-0.25, -0.2) is 9.18 Å². The van der Waals surface area contributed by atoms with E-state index in [1.165, 1.54) is 38.6 Å². The molecule has 0 saturated carbocycles. The number of nitrogens with one attached hydrogen (secondary N) is 2. The number of pyridine rings is 1. The molecular formula is C16H18FN3O4. The zero-order chi connectivity index (χ0) is 17.7. The van der Waals surface area contributed by atoms with E-state index in [4.69, 9.17) is 0 Å². The molecule has 24 heavy (non-hydrogen) atoms. The van der Waals surface area contributed by atoms with Crippen LogP contribution in [-0.2, 0) is 11.3 Å². The van der Waals surface area contributed by atoms with E-state index in [-0.39, 0.29) is 10.9 Å². The lowest BCUT2D eigenvalue weighted by molar-refractivity contribution is 0.0961. The molecule has 2 N–H and O–H groups in total. The summed E-state index contributed by atoms with van der Waals surface area (Å²) >= 11 is 0. The van der Waals surface area contributed by atoms with Crippen LogP contribution in [0.15, 0.2) is 29.2 Å². The minimum Gasteiger partial charge on any atom is -0.453 e. The number of methoxy groups -OCH3 is 1. The average molecular weight is 335 g/mol.